The highest BCUT2D eigenvalue weighted by Gasteiger charge is 2.22. The Balaban J connectivity index is 0.00000625. The lowest BCUT2D eigenvalue weighted by molar-refractivity contribution is -0.127. The molecule has 26 heavy (non-hydrogen) atoms. The number of hydrogen-bond acceptors (Lipinski definition) is 3. The number of benzene rings is 1. The third-order valence-corrected chi connectivity index (χ3v) is 3.63. The topological polar surface area (TPSA) is 60.0 Å². The predicted octanol–water partition coefficient (Wildman–Crippen LogP) is 1.83. The van der Waals surface area contributed by atoms with Crippen LogP contribution in [0.5, 0.6) is 0 Å². The molecule has 1 unspecified atom stereocenters. The Hall–Kier alpha value is -1.49. The van der Waals surface area contributed by atoms with Crippen LogP contribution in [0.2, 0.25) is 0 Å². The molecule has 1 amide bonds. The zero-order chi connectivity index (χ0) is 19.0. The van der Waals surface area contributed by atoms with Gasteiger partial charge in [0.15, 0.2) is 5.96 Å². The molecule has 0 saturated heterocycles. The zero-order valence-corrected chi connectivity index (χ0v) is 18.2. The second-order valence-electron chi connectivity index (χ2n) is 5.98. The summed E-state index contributed by atoms with van der Waals surface area (Å²) in [7, 11) is 6.80. The van der Waals surface area contributed by atoms with E-state index in [-0.39, 0.29) is 48.5 Å². The van der Waals surface area contributed by atoms with Gasteiger partial charge in [-0.25, -0.2) is 13.8 Å². The number of nitrogens with one attached hydrogen (secondary N) is 2. The fourth-order valence-corrected chi connectivity index (χ4v) is 2.20. The number of aliphatic imine (C=N–C) groups is 1. The van der Waals surface area contributed by atoms with Crippen LogP contribution in [0, 0.1) is 11.6 Å². The van der Waals surface area contributed by atoms with E-state index in [1.165, 1.54) is 23.1 Å². The quantitative estimate of drug-likeness (QED) is 0.353. The smallest absolute Gasteiger partial charge is 0.243 e. The minimum absolute atomic E-state index is 0. The van der Waals surface area contributed by atoms with Gasteiger partial charge in [0.05, 0.1) is 6.04 Å². The van der Waals surface area contributed by atoms with Crippen LogP contribution >= 0.6 is 24.0 Å². The Bertz CT molecular complexity index is 591. The van der Waals surface area contributed by atoms with Crippen LogP contribution in [0.15, 0.2) is 23.2 Å². The van der Waals surface area contributed by atoms with Crippen LogP contribution in [0.3, 0.4) is 0 Å². The highest BCUT2D eigenvalue weighted by Crippen LogP contribution is 2.23. The molecule has 0 radical (unpaired) electrons. The lowest BCUT2D eigenvalue weighted by Crippen LogP contribution is -2.42. The van der Waals surface area contributed by atoms with E-state index in [1.54, 1.807) is 33.1 Å². The van der Waals surface area contributed by atoms with E-state index in [2.05, 4.69) is 15.6 Å². The summed E-state index contributed by atoms with van der Waals surface area (Å²) >= 11 is 0. The molecule has 1 atom stereocenters. The van der Waals surface area contributed by atoms with Crippen molar-refractivity contribution in [3.05, 3.63) is 35.4 Å². The third kappa shape index (κ3) is 7.40. The van der Waals surface area contributed by atoms with Gasteiger partial charge in [-0.1, -0.05) is 6.07 Å². The number of guanidine groups is 1. The van der Waals surface area contributed by atoms with Gasteiger partial charge in [0, 0.05) is 32.7 Å². The van der Waals surface area contributed by atoms with E-state index < -0.39 is 17.7 Å². The summed E-state index contributed by atoms with van der Waals surface area (Å²) in [5, 5.41) is 6.06. The molecule has 1 aromatic carbocycles. The maximum Gasteiger partial charge on any atom is 0.243 e. The number of halogens is 3. The summed E-state index contributed by atoms with van der Waals surface area (Å²) in [4.78, 5) is 19.0. The number of rotatable bonds is 7. The van der Waals surface area contributed by atoms with Crippen LogP contribution in [0.4, 0.5) is 8.78 Å². The van der Waals surface area contributed by atoms with Gasteiger partial charge in [-0.3, -0.25) is 4.79 Å². The Labute approximate surface area is 171 Å². The molecule has 148 valence electrons. The van der Waals surface area contributed by atoms with E-state index >= 15 is 0 Å². The fourth-order valence-electron chi connectivity index (χ4n) is 2.20. The SMILES string of the molecule is CCNC(=NCC(=O)N(C)C)NCC(c1c(F)cccc1F)N(C)C.I. The zero-order valence-electron chi connectivity index (χ0n) is 15.8. The highest BCUT2D eigenvalue weighted by atomic mass is 127. The second-order valence-corrected chi connectivity index (χ2v) is 5.98. The van der Waals surface area contributed by atoms with Crippen LogP contribution in [0.1, 0.15) is 18.5 Å². The van der Waals surface area contributed by atoms with Crippen LogP contribution in [-0.4, -0.2) is 69.5 Å². The molecule has 0 saturated carbocycles. The number of nitrogens with zero attached hydrogens (tertiary/aromatic N) is 3. The standard InChI is InChI=1S/C17H27F2N5O.HI/c1-6-20-17(22-11-15(25)24(4)5)21-10-14(23(2)3)16-12(18)8-7-9-13(16)19;/h7-9,14H,6,10-11H2,1-5H3,(H2,20,21,22);1H. The molecule has 2 N–H and O–H groups in total. The predicted molar refractivity (Wildman–Crippen MR) is 111 cm³/mol. The number of carbonyl (C=O) groups is 1. The lowest BCUT2D eigenvalue weighted by atomic mass is 10.0. The molecule has 0 heterocycles. The summed E-state index contributed by atoms with van der Waals surface area (Å²) in [5.41, 5.74) is 0.000200. The summed E-state index contributed by atoms with van der Waals surface area (Å²) < 4.78 is 28.2. The Morgan fingerprint density at radius 2 is 1.73 bits per heavy atom. The number of hydrogen-bond donors (Lipinski definition) is 2. The van der Waals surface area contributed by atoms with E-state index in [1.807, 2.05) is 6.92 Å². The van der Waals surface area contributed by atoms with Crippen LogP contribution < -0.4 is 10.6 Å². The molecule has 1 rings (SSSR count). The Morgan fingerprint density at radius 1 is 1.15 bits per heavy atom. The van der Waals surface area contributed by atoms with Crippen molar-refractivity contribution in [2.24, 2.45) is 4.99 Å². The van der Waals surface area contributed by atoms with E-state index in [9.17, 15) is 13.6 Å². The van der Waals surface area contributed by atoms with Crippen molar-refractivity contribution >= 4 is 35.8 Å². The average molecular weight is 483 g/mol. The third-order valence-electron chi connectivity index (χ3n) is 3.63. The molecule has 0 aliphatic heterocycles. The lowest BCUT2D eigenvalue weighted by Gasteiger charge is -2.26. The van der Waals surface area contributed by atoms with E-state index in [0.717, 1.165) is 0 Å². The minimum Gasteiger partial charge on any atom is -0.357 e. The molecule has 1 aromatic rings. The van der Waals surface area contributed by atoms with Gasteiger partial charge in [-0.2, -0.15) is 0 Å². The maximum absolute atomic E-state index is 14.1. The summed E-state index contributed by atoms with van der Waals surface area (Å²) in [6.07, 6.45) is 0. The van der Waals surface area contributed by atoms with Crippen molar-refractivity contribution in [3.63, 3.8) is 0 Å². The number of amides is 1. The first-order valence-electron chi connectivity index (χ1n) is 8.10. The summed E-state index contributed by atoms with van der Waals surface area (Å²) in [5.74, 6) is -0.904. The van der Waals surface area contributed by atoms with Crippen molar-refractivity contribution in [3.8, 4) is 0 Å². The van der Waals surface area contributed by atoms with Crippen LogP contribution in [-0.2, 0) is 4.79 Å². The monoisotopic (exact) mass is 483 g/mol. The molecule has 0 spiro atoms. The van der Waals surface area contributed by atoms with Gasteiger partial charge in [-0.05, 0) is 33.2 Å². The fraction of sp³-hybridized carbons (Fsp3) is 0.529. The molecular formula is C17H28F2IN5O. The molecule has 0 aliphatic carbocycles. The van der Waals surface area contributed by atoms with Gasteiger partial charge in [0.2, 0.25) is 5.91 Å². The van der Waals surface area contributed by atoms with Crippen molar-refractivity contribution < 1.29 is 13.6 Å². The maximum atomic E-state index is 14.1. The molecule has 6 nitrogen and oxygen atoms in total. The highest BCUT2D eigenvalue weighted by molar-refractivity contribution is 14.0. The largest absolute Gasteiger partial charge is 0.357 e. The van der Waals surface area contributed by atoms with Crippen molar-refractivity contribution in [2.75, 3.05) is 47.8 Å². The number of likely N-dealkylation sites (N-methyl/N-ethyl adjacent to an activating group) is 2. The second kappa shape index (κ2) is 12.0. The molecular weight excluding hydrogens is 455 g/mol. The molecule has 9 heteroatoms. The Kier molecular flexibility index (Phi) is 11.3. The summed E-state index contributed by atoms with van der Waals surface area (Å²) in [6, 6.07) is 3.29. The van der Waals surface area contributed by atoms with Gasteiger partial charge < -0.3 is 20.4 Å². The van der Waals surface area contributed by atoms with E-state index in [4.69, 9.17) is 0 Å². The van der Waals surface area contributed by atoms with E-state index in [0.29, 0.717) is 12.5 Å². The van der Waals surface area contributed by atoms with Gasteiger partial charge >= 0.3 is 0 Å². The molecule has 0 aliphatic rings. The van der Waals surface area contributed by atoms with Crippen LogP contribution in [0.25, 0.3) is 0 Å². The first kappa shape index (κ1) is 24.5. The first-order valence-corrected chi connectivity index (χ1v) is 8.10. The van der Waals surface area contributed by atoms with Gasteiger partial charge in [0.25, 0.3) is 0 Å². The Morgan fingerprint density at radius 3 is 2.19 bits per heavy atom. The average Bonchev–Trinajstić information content (AvgIpc) is 2.54. The van der Waals surface area contributed by atoms with Gasteiger partial charge in [-0.15, -0.1) is 24.0 Å². The molecule has 0 bridgehead atoms. The van der Waals surface area contributed by atoms with Crippen molar-refractivity contribution in [2.45, 2.75) is 13.0 Å². The first-order chi connectivity index (χ1) is 11.8. The number of carbonyl (C=O) groups excluding carboxylic acids is 1. The molecule has 0 aromatic heterocycles. The molecule has 0 fully saturated rings. The van der Waals surface area contributed by atoms with Crippen molar-refractivity contribution in [1.82, 2.24) is 20.4 Å². The summed E-state index contributed by atoms with van der Waals surface area (Å²) in [6.45, 7) is 2.71. The minimum atomic E-state index is -0.592. The van der Waals surface area contributed by atoms with Crippen molar-refractivity contribution in [1.29, 1.82) is 0 Å². The normalized spacial score (nSPS) is 12.4. The van der Waals surface area contributed by atoms with Gasteiger partial charge in [0.1, 0.15) is 18.2 Å².